The lowest BCUT2D eigenvalue weighted by Gasteiger charge is -2.36. The molecule has 0 aliphatic carbocycles. The molecule has 3 aliphatic rings. The van der Waals surface area contributed by atoms with Gasteiger partial charge in [-0.2, -0.15) is 0 Å². The fourth-order valence-electron chi connectivity index (χ4n) is 17.7. The predicted molar refractivity (Wildman–Crippen MR) is 519 cm³/mol. The molecule has 6 heterocycles. The maximum absolute atomic E-state index is 16.0. The van der Waals surface area contributed by atoms with Gasteiger partial charge in [-0.05, 0) is 144 Å². The van der Waals surface area contributed by atoms with E-state index < -0.39 is 234 Å². The standard InChI is InChI=1S/C95H136N24O20S/c1-7-9-28-74-88(133)109-67(27-19-37-102-95(99)100)86(131)114-73(84(129)105-49-79(98)123)51-140-52-80(124)107-70(39-55-31-33-60(120)34-32-55)90(135)115(4)54(3)82(127)112-72(45-81(125)126)93(138)118-38-20-30-75(118)89(134)111-69(43-59-48-101-53-106-59)87(132)110-68(26-16-18-36-97)92(137)119-50-61(121)44-77(119)78(122)42-56(40-57-46-103-64-23-13-11-21-62(57)64)83(128)108-66(25-15-17-35-96)85(130)113-71(41-58-47-104-65-24-14-12-22-63(58)65)91(136)117(6)76(29-10-8-2)94(139)116(74)5/h11-14,21-24,31-34,46-48,53-54,56,61,66-77,103-104,120-121H,7-10,15-20,25-30,35-45,49-52,96-97H2,1-6H3,(H2,98,123)(H,101,106)(H,105,129)(H,107,124)(H,108,128)(H,109,133)(H,110,132)(H,111,134)(H,112,127)(H,113,130)(H,114,131)(H,125,126)(H4,99,100,102)/t54-,56+,61+,66-,67-,68-,69-,70-,71-,72-,73-,74-,75-,76-,77-/m0/s1. The second-order valence-electron chi connectivity index (χ2n) is 36.0. The Morgan fingerprint density at radius 2 is 1.09 bits per heavy atom. The van der Waals surface area contributed by atoms with Gasteiger partial charge in [-0.15, -0.1) is 11.8 Å². The molecule has 25 N–H and O–H groups in total. The minimum Gasteiger partial charge on any atom is -0.508 e. The second kappa shape index (κ2) is 54.1. The van der Waals surface area contributed by atoms with Gasteiger partial charge in [-0.25, -0.2) is 4.98 Å². The number of H-pyrrole nitrogens is 3. The molecule has 3 aromatic heterocycles. The molecule has 3 aromatic carbocycles. The van der Waals surface area contributed by atoms with Crippen molar-refractivity contribution in [1.82, 2.24) is 97.6 Å². The van der Waals surface area contributed by atoms with Crippen molar-refractivity contribution in [2.24, 2.45) is 28.9 Å². The Labute approximate surface area is 815 Å². The number of Topliss-reactive ketones (excluding diaryl/α,β-unsaturated/α-hetero) is 1. The van der Waals surface area contributed by atoms with Gasteiger partial charge in [0.25, 0.3) is 0 Å². The highest BCUT2D eigenvalue weighted by molar-refractivity contribution is 8.00. The van der Waals surface area contributed by atoms with E-state index >= 15 is 43.2 Å². The average molecular weight is 1970 g/mol. The number of carbonyl (C=O) groups excluding carboxylic acids is 16. The Bertz CT molecular complexity index is 5310. The molecule has 0 spiro atoms. The number of aliphatic hydroxyl groups is 1. The van der Waals surface area contributed by atoms with Gasteiger partial charge in [-0.3, -0.25) is 86.9 Å². The molecular formula is C95H136N24O20S. The van der Waals surface area contributed by atoms with Crippen molar-refractivity contribution in [1.29, 1.82) is 5.41 Å². The number of nitrogens with one attached hydrogen (secondary N) is 14. The molecular weight excluding hydrogens is 1830 g/mol. The molecule has 0 saturated carbocycles. The highest BCUT2D eigenvalue weighted by Gasteiger charge is 2.47. The first-order valence-corrected chi connectivity index (χ1v) is 48.8. The van der Waals surface area contributed by atoms with Crippen LogP contribution in [0, 0.1) is 11.3 Å². The fourth-order valence-corrected chi connectivity index (χ4v) is 18.5. The first kappa shape index (κ1) is 110. The van der Waals surface area contributed by atoms with Gasteiger partial charge in [0.15, 0.2) is 11.7 Å². The molecule has 6 aromatic rings. The molecule has 140 heavy (non-hydrogen) atoms. The van der Waals surface area contributed by atoms with Crippen LogP contribution in [0.3, 0.4) is 0 Å². The number of amides is 15. The van der Waals surface area contributed by atoms with Crippen molar-refractivity contribution >= 4 is 140 Å². The van der Waals surface area contributed by atoms with Crippen LogP contribution in [-0.2, 0) is 107 Å². The number of guanidine groups is 1. The number of phenols is 1. The van der Waals surface area contributed by atoms with Crippen molar-refractivity contribution in [2.45, 2.75) is 253 Å². The van der Waals surface area contributed by atoms with E-state index in [4.69, 9.17) is 28.3 Å². The number of hydrogen-bond acceptors (Lipinski definition) is 24. The van der Waals surface area contributed by atoms with Crippen molar-refractivity contribution in [3.63, 3.8) is 0 Å². The van der Waals surface area contributed by atoms with Gasteiger partial charge in [0.1, 0.15) is 78.3 Å². The van der Waals surface area contributed by atoms with Crippen LogP contribution < -0.4 is 76.1 Å². The number of phenolic OH excluding ortho intramolecular Hbond substituents is 1. The summed E-state index contributed by atoms with van der Waals surface area (Å²) in [6, 6.07) is 0.144. The summed E-state index contributed by atoms with van der Waals surface area (Å²) in [5.74, 6) is -18.8. The molecule has 15 atom stereocenters. The first-order valence-electron chi connectivity index (χ1n) is 47.7. The third-order valence-corrected chi connectivity index (χ3v) is 26.6. The SMILES string of the molecule is CCCC[C@H]1C(=O)N(C)[C@@H](CCCC)C(=O)N[C@@H](CCCNC(=N)N)C(=O)N[C@H](C(=O)NCC(N)=O)CSCC(=O)N[C@@H](Cc2ccc(O)cc2)C(=O)N(C)[C@@H](C)C(=O)N[C@@H](CC(=O)O)C(=O)N2CCC[C@H]2C(=O)N[C@@H](Cc2c[nH]cn2)C(=O)N[C@@H](CCCCN)C(=O)N2C[C@H](O)C[C@H]2C(=O)C[C@@H](Cc2c[nH]c3ccccc23)C(=O)N[C@@H](CCCCN)C(=O)N[C@@H](Cc2c[nH]c3ccccc23)C(=O)N1C. The summed E-state index contributed by atoms with van der Waals surface area (Å²) in [6.07, 6.45) is 4.48. The molecule has 3 fully saturated rings. The number of aromatic nitrogens is 4. The van der Waals surface area contributed by atoms with Crippen molar-refractivity contribution in [3.8, 4) is 5.75 Å². The zero-order valence-corrected chi connectivity index (χ0v) is 80.8. The largest absolute Gasteiger partial charge is 0.508 e. The first-order chi connectivity index (χ1) is 66.9. The number of imidazole rings is 1. The molecule has 45 heteroatoms. The Balaban J connectivity index is 1.12. The molecule has 9 rings (SSSR count). The number of benzene rings is 3. The number of carboxylic acid groups (broad SMARTS) is 1. The number of ketones is 1. The van der Waals surface area contributed by atoms with E-state index in [1.165, 1.54) is 74.7 Å². The summed E-state index contributed by atoms with van der Waals surface area (Å²) in [6.45, 7) is 3.95. The number of likely N-dealkylation sites (N-methyl/N-ethyl adjacent to an activating group) is 3. The molecule has 0 unspecified atom stereocenters. The number of primary amides is 1. The monoisotopic (exact) mass is 1970 g/mol. The normalized spacial score (nSPS) is 24.3. The lowest BCUT2D eigenvalue weighted by atomic mass is 9.90. The second-order valence-corrected chi connectivity index (χ2v) is 37.0. The van der Waals surface area contributed by atoms with Gasteiger partial charge in [0.05, 0.1) is 42.9 Å². The Kier molecular flexibility index (Phi) is 42.6. The number of aliphatic carboxylic acids is 1. The summed E-state index contributed by atoms with van der Waals surface area (Å²) in [7, 11) is 3.96. The van der Waals surface area contributed by atoms with E-state index in [2.05, 4.69) is 73.1 Å². The summed E-state index contributed by atoms with van der Waals surface area (Å²) < 4.78 is 0. The number of nitrogens with two attached hydrogens (primary N) is 4. The van der Waals surface area contributed by atoms with Crippen LogP contribution in [0.25, 0.3) is 21.8 Å². The van der Waals surface area contributed by atoms with Crippen LogP contribution in [0.4, 0.5) is 0 Å². The molecule has 3 saturated heterocycles. The van der Waals surface area contributed by atoms with Crippen LogP contribution in [0.1, 0.15) is 165 Å². The maximum Gasteiger partial charge on any atom is 0.305 e. The van der Waals surface area contributed by atoms with Gasteiger partial charge in [0.2, 0.25) is 88.6 Å². The lowest BCUT2D eigenvalue weighted by Crippen LogP contribution is -2.60. The maximum atomic E-state index is 16.0. The van der Waals surface area contributed by atoms with E-state index in [0.717, 1.165) is 26.5 Å². The third kappa shape index (κ3) is 31.5. The smallest absolute Gasteiger partial charge is 0.305 e. The quantitative estimate of drug-likeness (QED) is 0.0141. The zero-order valence-electron chi connectivity index (χ0n) is 80.0. The predicted octanol–water partition coefficient (Wildman–Crippen LogP) is -1.02. The molecule has 762 valence electrons. The molecule has 3 aliphatic heterocycles. The van der Waals surface area contributed by atoms with Crippen LogP contribution in [0.15, 0.2) is 97.7 Å². The average Bonchev–Trinajstić information content (AvgIpc) is 1.61. The Morgan fingerprint density at radius 3 is 1.71 bits per heavy atom. The van der Waals surface area contributed by atoms with Gasteiger partial charge in [0, 0.05) is 125 Å². The highest BCUT2D eigenvalue weighted by atomic mass is 32.2. The number of thioether (sulfide) groups is 1. The van der Waals surface area contributed by atoms with E-state index in [0.29, 0.717) is 77.0 Å². The van der Waals surface area contributed by atoms with Crippen molar-refractivity contribution in [3.05, 3.63) is 120 Å². The van der Waals surface area contributed by atoms with Gasteiger partial charge < -0.3 is 131 Å². The number of carboxylic acids is 1. The number of rotatable bonds is 31. The number of nitrogens with zero attached hydrogens (tertiary/aromatic N) is 6. The zero-order chi connectivity index (χ0) is 102. The number of unbranched alkanes of at least 4 members (excludes halogenated alkanes) is 4. The van der Waals surface area contributed by atoms with Crippen LogP contribution in [0.2, 0.25) is 0 Å². The summed E-state index contributed by atoms with van der Waals surface area (Å²) >= 11 is 0.758. The van der Waals surface area contributed by atoms with Gasteiger partial charge >= 0.3 is 5.97 Å². The summed E-state index contributed by atoms with van der Waals surface area (Å²) in [4.78, 5) is 272. The van der Waals surface area contributed by atoms with E-state index in [9.17, 15) is 53.7 Å². The number of hydrogen-bond donors (Lipinski definition) is 21. The number of fused-ring (bicyclic) bond motifs is 4. The number of aliphatic hydroxyl groups excluding tert-OH is 1. The van der Waals surface area contributed by atoms with Crippen LogP contribution >= 0.6 is 11.8 Å². The minimum absolute atomic E-state index is 0.00714. The number of aromatic amines is 3. The van der Waals surface area contributed by atoms with Crippen LogP contribution in [0.5, 0.6) is 5.75 Å². The van der Waals surface area contributed by atoms with Crippen molar-refractivity contribution in [2.75, 3.05) is 71.9 Å². The van der Waals surface area contributed by atoms with E-state index in [1.54, 1.807) is 36.7 Å². The van der Waals surface area contributed by atoms with Crippen molar-refractivity contribution < 1.29 is 96.8 Å². The number of para-hydroxylation sites is 2. The van der Waals surface area contributed by atoms with E-state index in [1.807, 2.05) is 38.1 Å². The third-order valence-electron chi connectivity index (χ3n) is 25.6. The number of carbonyl (C=O) groups is 17. The van der Waals surface area contributed by atoms with Gasteiger partial charge in [-0.1, -0.05) is 88.1 Å². The molecule has 15 amide bonds. The van der Waals surface area contributed by atoms with E-state index in [-0.39, 0.29) is 134 Å². The lowest BCUT2D eigenvalue weighted by molar-refractivity contribution is -0.149. The number of aromatic hydroxyl groups is 1. The minimum atomic E-state index is -1.91. The Hall–Kier alpha value is -13.6. The molecule has 44 nitrogen and oxygen atoms in total. The summed E-state index contributed by atoms with van der Waals surface area (Å²) in [5, 5.41) is 68.3. The Morgan fingerprint density at radius 1 is 0.543 bits per heavy atom. The summed E-state index contributed by atoms with van der Waals surface area (Å²) in [5.41, 5.74) is 26.3. The fraction of sp³-hybridized carbons (Fsp3) is 0.547. The molecule has 0 bridgehead atoms. The van der Waals surface area contributed by atoms with Crippen LogP contribution in [-0.4, -0.2) is 323 Å². The topological polar surface area (TPSA) is 676 Å². The molecule has 0 radical (unpaired) electrons. The highest BCUT2D eigenvalue weighted by Crippen LogP contribution is 2.31.